The van der Waals surface area contributed by atoms with Crippen LogP contribution >= 0.6 is 0 Å². The highest BCUT2D eigenvalue weighted by molar-refractivity contribution is 6.34. The molecule has 3 rings (SSSR count). The Morgan fingerprint density at radius 2 is 1.48 bits per heavy atom. The Kier molecular flexibility index (Phi) is 7.46. The molecule has 3 amide bonds. The third kappa shape index (κ3) is 5.69. The molecule has 0 unspecified atom stereocenters. The predicted octanol–water partition coefficient (Wildman–Crippen LogP) is 0.684. The molecule has 1 aromatic carbocycles. The SMILES string of the molecule is Cc1ccccc1OCCCC(=O)N1CCN(C(=O)C(=O)N2CCOCC2)CC1. The van der Waals surface area contributed by atoms with Crippen LogP contribution in [0.3, 0.4) is 0 Å². The molecule has 8 heteroatoms. The van der Waals surface area contributed by atoms with E-state index in [0.717, 1.165) is 11.3 Å². The van der Waals surface area contributed by atoms with Crippen molar-refractivity contribution in [2.24, 2.45) is 0 Å². The number of amides is 3. The van der Waals surface area contributed by atoms with E-state index in [1.54, 1.807) is 9.80 Å². The van der Waals surface area contributed by atoms with Crippen molar-refractivity contribution in [1.29, 1.82) is 0 Å². The number of benzene rings is 1. The summed E-state index contributed by atoms with van der Waals surface area (Å²) < 4.78 is 10.9. The van der Waals surface area contributed by atoms with Gasteiger partial charge in [-0.3, -0.25) is 14.4 Å². The summed E-state index contributed by atoms with van der Waals surface area (Å²) in [6.07, 6.45) is 1.05. The number of nitrogens with zero attached hydrogens (tertiary/aromatic N) is 3. The summed E-state index contributed by atoms with van der Waals surface area (Å²) in [5, 5.41) is 0. The lowest BCUT2D eigenvalue weighted by Gasteiger charge is -2.36. The van der Waals surface area contributed by atoms with Crippen molar-refractivity contribution >= 4 is 17.7 Å². The van der Waals surface area contributed by atoms with Crippen LogP contribution in [0.15, 0.2) is 24.3 Å². The van der Waals surface area contributed by atoms with E-state index in [2.05, 4.69) is 0 Å². The molecule has 0 radical (unpaired) electrons. The van der Waals surface area contributed by atoms with Gasteiger partial charge in [-0.25, -0.2) is 0 Å². The van der Waals surface area contributed by atoms with Gasteiger partial charge in [0.2, 0.25) is 5.91 Å². The Bertz CT molecular complexity index is 725. The molecule has 0 aliphatic carbocycles. The quantitative estimate of drug-likeness (QED) is 0.534. The lowest BCUT2D eigenvalue weighted by atomic mass is 10.2. The highest BCUT2D eigenvalue weighted by Crippen LogP contribution is 2.16. The molecule has 0 bridgehead atoms. The molecular weight excluding hydrogens is 374 g/mol. The third-order valence-electron chi connectivity index (χ3n) is 5.29. The number of para-hydroxylation sites is 1. The lowest BCUT2D eigenvalue weighted by molar-refractivity contribution is -0.155. The van der Waals surface area contributed by atoms with E-state index in [0.29, 0.717) is 71.9 Å². The van der Waals surface area contributed by atoms with E-state index < -0.39 is 11.8 Å². The van der Waals surface area contributed by atoms with Crippen LogP contribution < -0.4 is 4.74 Å². The first-order chi connectivity index (χ1) is 14.1. The first kappa shape index (κ1) is 21.1. The molecule has 0 atom stereocenters. The van der Waals surface area contributed by atoms with Gasteiger partial charge in [0.05, 0.1) is 19.8 Å². The van der Waals surface area contributed by atoms with Crippen molar-refractivity contribution in [2.75, 3.05) is 59.1 Å². The third-order valence-corrected chi connectivity index (χ3v) is 5.29. The van der Waals surface area contributed by atoms with Crippen molar-refractivity contribution in [3.8, 4) is 5.75 Å². The van der Waals surface area contributed by atoms with Gasteiger partial charge in [0.25, 0.3) is 0 Å². The fourth-order valence-electron chi connectivity index (χ4n) is 3.48. The fraction of sp³-hybridized carbons (Fsp3) is 0.571. The average molecular weight is 403 g/mol. The van der Waals surface area contributed by atoms with Crippen molar-refractivity contribution in [3.05, 3.63) is 29.8 Å². The second kappa shape index (κ2) is 10.2. The van der Waals surface area contributed by atoms with Crippen molar-refractivity contribution in [1.82, 2.24) is 14.7 Å². The second-order valence-corrected chi connectivity index (χ2v) is 7.30. The standard InChI is InChI=1S/C21H29N3O5/c1-17-5-2-3-6-18(17)29-14-4-7-19(25)22-8-10-23(11-9-22)20(26)21(27)24-12-15-28-16-13-24/h2-3,5-6H,4,7-16H2,1H3. The maximum atomic E-state index is 12.4. The molecule has 2 aliphatic rings. The van der Waals surface area contributed by atoms with Gasteiger partial charge in [-0.1, -0.05) is 18.2 Å². The Morgan fingerprint density at radius 1 is 0.897 bits per heavy atom. The summed E-state index contributed by atoms with van der Waals surface area (Å²) in [4.78, 5) is 42.0. The smallest absolute Gasteiger partial charge is 0.312 e. The van der Waals surface area contributed by atoms with Gasteiger partial charge in [-0.05, 0) is 25.0 Å². The number of ether oxygens (including phenoxy) is 2. The molecule has 8 nitrogen and oxygen atoms in total. The van der Waals surface area contributed by atoms with Crippen LogP contribution in [0.4, 0.5) is 0 Å². The largest absolute Gasteiger partial charge is 0.493 e. The van der Waals surface area contributed by atoms with Crippen molar-refractivity contribution in [2.45, 2.75) is 19.8 Å². The first-order valence-corrected chi connectivity index (χ1v) is 10.2. The number of carbonyl (C=O) groups is 3. The van der Waals surface area contributed by atoms with Crippen molar-refractivity contribution < 1.29 is 23.9 Å². The van der Waals surface area contributed by atoms with E-state index >= 15 is 0 Å². The summed E-state index contributed by atoms with van der Waals surface area (Å²) in [6.45, 7) is 6.01. The minimum absolute atomic E-state index is 0.0602. The van der Waals surface area contributed by atoms with Gasteiger partial charge < -0.3 is 24.2 Å². The number of rotatable bonds is 5. The van der Waals surface area contributed by atoms with Crippen LogP contribution in [-0.4, -0.2) is 91.5 Å². The average Bonchev–Trinajstić information content (AvgIpc) is 2.77. The number of aryl methyl sites for hydroxylation is 1. The molecule has 0 spiro atoms. The maximum Gasteiger partial charge on any atom is 0.312 e. The highest BCUT2D eigenvalue weighted by Gasteiger charge is 2.31. The Balaban J connectivity index is 1.36. The van der Waals surface area contributed by atoms with Gasteiger partial charge in [0.15, 0.2) is 0 Å². The monoisotopic (exact) mass is 403 g/mol. The number of hydrogen-bond acceptors (Lipinski definition) is 5. The minimum Gasteiger partial charge on any atom is -0.493 e. The number of carbonyl (C=O) groups excluding carboxylic acids is 3. The van der Waals surface area contributed by atoms with Crippen molar-refractivity contribution in [3.63, 3.8) is 0 Å². The second-order valence-electron chi connectivity index (χ2n) is 7.30. The fourth-order valence-corrected chi connectivity index (χ4v) is 3.48. The molecule has 2 fully saturated rings. The summed E-state index contributed by atoms with van der Waals surface area (Å²) in [6, 6.07) is 7.80. The van der Waals surface area contributed by atoms with Gasteiger partial charge in [-0.2, -0.15) is 0 Å². The predicted molar refractivity (Wildman–Crippen MR) is 106 cm³/mol. The van der Waals surface area contributed by atoms with Gasteiger partial charge in [-0.15, -0.1) is 0 Å². The van der Waals surface area contributed by atoms with Gasteiger partial charge in [0, 0.05) is 45.7 Å². The van der Waals surface area contributed by atoms with E-state index in [1.807, 2.05) is 31.2 Å². The Morgan fingerprint density at radius 3 is 2.14 bits per heavy atom. The molecular formula is C21H29N3O5. The molecule has 158 valence electrons. The zero-order valence-corrected chi connectivity index (χ0v) is 17.0. The molecule has 0 N–H and O–H groups in total. The molecule has 2 saturated heterocycles. The van der Waals surface area contributed by atoms with Crippen LogP contribution in [0.25, 0.3) is 0 Å². The first-order valence-electron chi connectivity index (χ1n) is 10.2. The summed E-state index contributed by atoms with van der Waals surface area (Å²) in [5.74, 6) is -0.0472. The zero-order chi connectivity index (χ0) is 20.6. The van der Waals surface area contributed by atoms with E-state index in [4.69, 9.17) is 9.47 Å². The normalized spacial score (nSPS) is 17.2. The van der Waals surface area contributed by atoms with Gasteiger partial charge >= 0.3 is 11.8 Å². The Hall–Kier alpha value is -2.61. The maximum absolute atomic E-state index is 12.4. The summed E-state index contributed by atoms with van der Waals surface area (Å²) in [7, 11) is 0. The number of morpholine rings is 1. The van der Waals surface area contributed by atoms with E-state index in [1.165, 1.54) is 4.90 Å². The highest BCUT2D eigenvalue weighted by atomic mass is 16.5. The molecule has 2 heterocycles. The van der Waals surface area contributed by atoms with Crippen LogP contribution in [0.2, 0.25) is 0 Å². The van der Waals surface area contributed by atoms with Crippen LogP contribution in [0, 0.1) is 6.92 Å². The number of hydrogen-bond donors (Lipinski definition) is 0. The molecule has 0 saturated carbocycles. The van der Waals surface area contributed by atoms with Crippen LogP contribution in [0.1, 0.15) is 18.4 Å². The minimum atomic E-state index is -0.481. The molecule has 1 aromatic rings. The summed E-state index contributed by atoms with van der Waals surface area (Å²) >= 11 is 0. The topological polar surface area (TPSA) is 79.4 Å². The lowest BCUT2D eigenvalue weighted by Crippen LogP contribution is -2.55. The summed E-state index contributed by atoms with van der Waals surface area (Å²) in [5.41, 5.74) is 1.08. The Labute approximate surface area is 171 Å². The molecule has 2 aliphatic heterocycles. The van der Waals surface area contributed by atoms with E-state index in [-0.39, 0.29) is 5.91 Å². The van der Waals surface area contributed by atoms with Gasteiger partial charge in [0.1, 0.15) is 5.75 Å². The molecule has 29 heavy (non-hydrogen) atoms. The van der Waals surface area contributed by atoms with Crippen LogP contribution in [-0.2, 0) is 19.1 Å². The zero-order valence-electron chi connectivity index (χ0n) is 17.0. The number of piperazine rings is 1. The molecule has 0 aromatic heterocycles. The van der Waals surface area contributed by atoms with E-state index in [9.17, 15) is 14.4 Å². The van der Waals surface area contributed by atoms with Crippen LogP contribution in [0.5, 0.6) is 5.75 Å².